The SMILES string of the molecule is O=S(=O)(Oc1nnccc1Cl)C(F)(F)F. The van der Waals surface area contributed by atoms with Crippen molar-refractivity contribution in [2.75, 3.05) is 0 Å². The van der Waals surface area contributed by atoms with E-state index in [0.717, 1.165) is 12.3 Å². The molecule has 0 atom stereocenters. The lowest BCUT2D eigenvalue weighted by Crippen LogP contribution is -2.28. The average molecular weight is 263 g/mol. The lowest BCUT2D eigenvalue weighted by Gasteiger charge is -2.08. The fourth-order valence-corrected chi connectivity index (χ4v) is 1.12. The Bertz CT molecular complexity index is 461. The fourth-order valence-electron chi connectivity index (χ4n) is 0.511. The zero-order valence-electron chi connectivity index (χ0n) is 6.69. The summed E-state index contributed by atoms with van der Waals surface area (Å²) in [6.45, 7) is 0. The van der Waals surface area contributed by atoms with Gasteiger partial charge in [-0.15, -0.1) is 5.10 Å². The highest BCUT2D eigenvalue weighted by Gasteiger charge is 2.49. The summed E-state index contributed by atoms with van der Waals surface area (Å²) < 4.78 is 60.2. The first kappa shape index (κ1) is 12.0. The van der Waals surface area contributed by atoms with Crippen molar-refractivity contribution >= 4 is 21.7 Å². The standard InChI is InChI=1S/C5H2ClF3N2O3S/c6-3-1-2-10-11-4(3)14-15(12,13)5(7,8)9/h1-2H. The Labute approximate surface area is 87.0 Å². The molecule has 0 aliphatic carbocycles. The summed E-state index contributed by atoms with van der Waals surface area (Å²) in [5.74, 6) is -0.920. The molecule has 0 saturated carbocycles. The lowest BCUT2D eigenvalue weighted by molar-refractivity contribution is -0.0501. The van der Waals surface area contributed by atoms with Gasteiger partial charge in [0.25, 0.3) is 5.88 Å². The van der Waals surface area contributed by atoms with Gasteiger partial charge >= 0.3 is 15.6 Å². The van der Waals surface area contributed by atoms with Crippen LogP contribution in [0.5, 0.6) is 5.88 Å². The molecule has 0 amide bonds. The highest BCUT2D eigenvalue weighted by atomic mass is 35.5. The molecule has 1 rings (SSSR count). The maximum atomic E-state index is 11.8. The van der Waals surface area contributed by atoms with Crippen LogP contribution < -0.4 is 4.18 Å². The third-order valence-electron chi connectivity index (χ3n) is 1.11. The normalized spacial score (nSPS) is 12.5. The van der Waals surface area contributed by atoms with Crippen LogP contribution in [0, 0.1) is 0 Å². The molecule has 0 aliphatic heterocycles. The number of aromatic nitrogens is 2. The predicted molar refractivity (Wildman–Crippen MR) is 42.6 cm³/mol. The third-order valence-corrected chi connectivity index (χ3v) is 2.34. The lowest BCUT2D eigenvalue weighted by atomic mass is 10.6. The quantitative estimate of drug-likeness (QED) is 0.594. The van der Waals surface area contributed by atoms with Crippen molar-refractivity contribution < 1.29 is 25.8 Å². The molecule has 1 aromatic heterocycles. The van der Waals surface area contributed by atoms with Crippen LogP contribution >= 0.6 is 11.6 Å². The summed E-state index contributed by atoms with van der Waals surface area (Å²) in [6.07, 6.45) is 1.06. The Morgan fingerprint density at radius 3 is 2.47 bits per heavy atom. The smallest absolute Gasteiger partial charge is 0.352 e. The number of hydrogen-bond donors (Lipinski definition) is 0. The minimum Gasteiger partial charge on any atom is -0.352 e. The Morgan fingerprint density at radius 1 is 1.40 bits per heavy atom. The molecule has 15 heavy (non-hydrogen) atoms. The van der Waals surface area contributed by atoms with E-state index in [4.69, 9.17) is 11.6 Å². The van der Waals surface area contributed by atoms with Gasteiger partial charge in [-0.25, -0.2) is 0 Å². The average Bonchev–Trinajstić information content (AvgIpc) is 2.06. The van der Waals surface area contributed by atoms with Crippen molar-refractivity contribution in [3.8, 4) is 5.88 Å². The Balaban J connectivity index is 3.03. The van der Waals surface area contributed by atoms with Gasteiger partial charge in [0, 0.05) is 0 Å². The number of rotatable bonds is 2. The summed E-state index contributed by atoms with van der Waals surface area (Å²) in [4.78, 5) is 0. The molecular formula is C5H2ClF3N2O3S. The zero-order chi connectivity index (χ0) is 11.7. The van der Waals surface area contributed by atoms with Crippen molar-refractivity contribution in [3.63, 3.8) is 0 Å². The summed E-state index contributed by atoms with van der Waals surface area (Å²) in [5, 5.41) is 5.72. The second-order valence-corrected chi connectivity index (χ2v) is 4.11. The number of nitrogens with zero attached hydrogens (tertiary/aromatic N) is 2. The van der Waals surface area contributed by atoms with Crippen LogP contribution in [0.3, 0.4) is 0 Å². The molecule has 0 fully saturated rings. The number of alkyl halides is 3. The third kappa shape index (κ3) is 2.69. The van der Waals surface area contributed by atoms with E-state index < -0.39 is 26.5 Å². The van der Waals surface area contributed by atoms with Crippen LogP contribution in [0.4, 0.5) is 13.2 Å². The molecular weight excluding hydrogens is 261 g/mol. The van der Waals surface area contributed by atoms with Gasteiger partial charge in [-0.05, 0) is 6.07 Å². The van der Waals surface area contributed by atoms with Gasteiger partial charge in [0.1, 0.15) is 5.02 Å². The van der Waals surface area contributed by atoms with Gasteiger partial charge < -0.3 is 4.18 Å². The molecule has 0 aromatic carbocycles. The molecule has 0 aliphatic rings. The zero-order valence-corrected chi connectivity index (χ0v) is 8.27. The van der Waals surface area contributed by atoms with E-state index in [1.807, 2.05) is 0 Å². The van der Waals surface area contributed by atoms with Gasteiger partial charge in [0.2, 0.25) is 0 Å². The van der Waals surface area contributed by atoms with Crippen molar-refractivity contribution in [2.45, 2.75) is 5.51 Å². The van der Waals surface area contributed by atoms with Crippen LogP contribution in [-0.4, -0.2) is 24.1 Å². The van der Waals surface area contributed by atoms with Crippen LogP contribution in [-0.2, 0) is 10.1 Å². The van der Waals surface area contributed by atoms with Gasteiger partial charge in [0.15, 0.2) is 0 Å². The monoisotopic (exact) mass is 262 g/mol. The van der Waals surface area contributed by atoms with E-state index >= 15 is 0 Å². The van der Waals surface area contributed by atoms with E-state index in [9.17, 15) is 21.6 Å². The molecule has 0 saturated heterocycles. The van der Waals surface area contributed by atoms with Crippen molar-refractivity contribution in [3.05, 3.63) is 17.3 Å². The molecule has 1 heterocycles. The topological polar surface area (TPSA) is 69.2 Å². The van der Waals surface area contributed by atoms with Crippen LogP contribution in [0.25, 0.3) is 0 Å². The predicted octanol–water partition coefficient (Wildman–Crippen LogP) is 1.36. The highest BCUT2D eigenvalue weighted by molar-refractivity contribution is 7.87. The minimum absolute atomic E-state index is 0.391. The second kappa shape index (κ2) is 3.81. The highest BCUT2D eigenvalue weighted by Crippen LogP contribution is 2.28. The Kier molecular flexibility index (Phi) is 3.05. The van der Waals surface area contributed by atoms with Gasteiger partial charge in [0.05, 0.1) is 6.20 Å². The molecule has 0 spiro atoms. The first-order valence-corrected chi connectivity index (χ1v) is 5.00. The molecule has 0 radical (unpaired) electrons. The summed E-state index contributed by atoms with van der Waals surface area (Å²) in [7, 11) is -5.76. The Hall–Kier alpha value is -1.09. The molecule has 0 bridgehead atoms. The first-order chi connectivity index (χ1) is 6.74. The maximum Gasteiger partial charge on any atom is 0.534 e. The van der Waals surface area contributed by atoms with Crippen molar-refractivity contribution in [2.24, 2.45) is 0 Å². The van der Waals surface area contributed by atoms with E-state index in [1.165, 1.54) is 0 Å². The van der Waals surface area contributed by atoms with E-state index in [-0.39, 0.29) is 0 Å². The molecule has 0 N–H and O–H groups in total. The molecule has 0 unspecified atom stereocenters. The van der Waals surface area contributed by atoms with E-state index in [0.29, 0.717) is 0 Å². The van der Waals surface area contributed by atoms with Crippen LogP contribution in [0.2, 0.25) is 5.02 Å². The molecule has 5 nitrogen and oxygen atoms in total. The van der Waals surface area contributed by atoms with Gasteiger partial charge in [-0.1, -0.05) is 11.6 Å². The maximum absolute atomic E-state index is 11.8. The van der Waals surface area contributed by atoms with Crippen molar-refractivity contribution in [1.82, 2.24) is 10.2 Å². The number of hydrogen-bond acceptors (Lipinski definition) is 5. The number of halogens is 4. The molecule has 84 valence electrons. The van der Waals surface area contributed by atoms with Crippen LogP contribution in [0.15, 0.2) is 12.3 Å². The summed E-state index contributed by atoms with van der Waals surface area (Å²) in [6, 6.07) is 1.04. The van der Waals surface area contributed by atoms with Crippen LogP contribution in [0.1, 0.15) is 0 Å². The fraction of sp³-hybridized carbons (Fsp3) is 0.200. The summed E-state index contributed by atoms with van der Waals surface area (Å²) >= 11 is 5.32. The van der Waals surface area contributed by atoms with Gasteiger partial charge in [-0.2, -0.15) is 26.7 Å². The van der Waals surface area contributed by atoms with E-state index in [1.54, 1.807) is 0 Å². The second-order valence-electron chi connectivity index (χ2n) is 2.17. The molecule has 10 heteroatoms. The molecule has 1 aromatic rings. The Morgan fingerprint density at radius 2 is 2.00 bits per heavy atom. The largest absolute Gasteiger partial charge is 0.534 e. The summed E-state index contributed by atoms with van der Waals surface area (Å²) in [5.41, 5.74) is -5.53. The van der Waals surface area contributed by atoms with Crippen molar-refractivity contribution in [1.29, 1.82) is 0 Å². The van der Waals surface area contributed by atoms with Gasteiger partial charge in [-0.3, -0.25) is 0 Å². The minimum atomic E-state index is -5.76. The van der Waals surface area contributed by atoms with E-state index in [2.05, 4.69) is 14.4 Å². The first-order valence-electron chi connectivity index (χ1n) is 3.22.